The zero-order valence-corrected chi connectivity index (χ0v) is 17.4. The maximum atomic E-state index is 5.61. The molecule has 2 aromatic carbocycles. The molecule has 1 heterocycles. The summed E-state index contributed by atoms with van der Waals surface area (Å²) in [5, 5.41) is 4.77. The van der Waals surface area contributed by atoms with Gasteiger partial charge in [-0.1, -0.05) is 49.1 Å². The molecule has 0 radical (unpaired) electrons. The second-order valence-electron chi connectivity index (χ2n) is 6.88. The van der Waals surface area contributed by atoms with Gasteiger partial charge in [0.15, 0.2) is 10.6 Å². The van der Waals surface area contributed by atoms with Crippen molar-refractivity contribution in [3.63, 3.8) is 0 Å². The van der Waals surface area contributed by atoms with Gasteiger partial charge in [-0.25, -0.2) is 4.68 Å². The molecule has 0 saturated heterocycles. The number of aryl methyl sites for hydroxylation is 1. The van der Waals surface area contributed by atoms with E-state index in [0.29, 0.717) is 18.0 Å². The summed E-state index contributed by atoms with van der Waals surface area (Å²) in [6.45, 7) is 7.67. The number of rotatable bonds is 8. The smallest absolute Gasteiger partial charge is 0.199 e. The summed E-state index contributed by atoms with van der Waals surface area (Å²) in [7, 11) is 4.03. The monoisotopic (exact) mass is 394 g/mol. The Hall–Kier alpha value is -2.70. The van der Waals surface area contributed by atoms with Crippen LogP contribution in [-0.2, 0) is 20.3 Å². The molecule has 5 nitrogen and oxygen atoms in total. The van der Waals surface area contributed by atoms with E-state index in [2.05, 4.69) is 49.7 Å². The number of hydrogen-bond donors (Lipinski definition) is 0. The third-order valence-electron chi connectivity index (χ3n) is 4.55. The van der Waals surface area contributed by atoms with Gasteiger partial charge in [0.1, 0.15) is 12.4 Å². The minimum atomic E-state index is 0.514. The molecule has 3 aromatic rings. The molecule has 0 N–H and O–H groups in total. The SMILES string of the molecule is C=CCOc1ccc(CN(C)Cn2nc(-c3ccccc3C)n(C)c2=S)cc1. The van der Waals surface area contributed by atoms with Gasteiger partial charge in [-0.05, 0) is 49.4 Å². The molecular weight excluding hydrogens is 368 g/mol. The van der Waals surface area contributed by atoms with Crippen LogP contribution >= 0.6 is 12.2 Å². The Morgan fingerprint density at radius 2 is 1.89 bits per heavy atom. The standard InChI is InChI=1S/C22H26N4OS/c1-5-14-27-19-12-10-18(11-13-19)15-24(3)16-26-22(28)25(4)21(23-26)20-9-7-6-8-17(20)2/h5-13H,1,14-16H2,2-4H3. The summed E-state index contributed by atoms with van der Waals surface area (Å²) in [6.07, 6.45) is 1.74. The molecule has 6 heteroatoms. The third-order valence-corrected chi connectivity index (χ3v) is 5.03. The van der Waals surface area contributed by atoms with E-state index >= 15 is 0 Å². The second kappa shape index (κ2) is 8.99. The average molecular weight is 395 g/mol. The van der Waals surface area contributed by atoms with Crippen LogP contribution in [0.1, 0.15) is 11.1 Å². The van der Waals surface area contributed by atoms with Crippen LogP contribution in [0.3, 0.4) is 0 Å². The van der Waals surface area contributed by atoms with E-state index in [1.54, 1.807) is 6.08 Å². The zero-order chi connectivity index (χ0) is 20.1. The van der Waals surface area contributed by atoms with Crippen molar-refractivity contribution in [3.8, 4) is 17.1 Å². The Morgan fingerprint density at radius 1 is 1.18 bits per heavy atom. The minimum absolute atomic E-state index is 0.514. The molecule has 0 aliphatic rings. The van der Waals surface area contributed by atoms with Crippen LogP contribution in [0, 0.1) is 11.7 Å². The van der Waals surface area contributed by atoms with Crippen molar-refractivity contribution in [1.29, 1.82) is 0 Å². The van der Waals surface area contributed by atoms with Crippen LogP contribution in [-0.4, -0.2) is 32.9 Å². The summed E-state index contributed by atoms with van der Waals surface area (Å²) in [5.74, 6) is 1.74. The van der Waals surface area contributed by atoms with E-state index in [0.717, 1.165) is 23.7 Å². The lowest BCUT2D eigenvalue weighted by Gasteiger charge is -2.16. The van der Waals surface area contributed by atoms with Gasteiger partial charge < -0.3 is 9.30 Å². The molecule has 146 valence electrons. The lowest BCUT2D eigenvalue weighted by molar-refractivity contribution is 0.244. The number of aromatic nitrogens is 3. The quantitative estimate of drug-likeness (QED) is 0.414. The van der Waals surface area contributed by atoms with Crippen molar-refractivity contribution in [1.82, 2.24) is 19.2 Å². The van der Waals surface area contributed by atoms with Crippen LogP contribution in [0.2, 0.25) is 0 Å². The molecule has 0 amide bonds. The number of ether oxygens (including phenoxy) is 1. The third kappa shape index (κ3) is 4.58. The predicted molar refractivity (Wildman–Crippen MR) is 116 cm³/mol. The molecule has 0 unspecified atom stereocenters. The molecule has 0 bridgehead atoms. The molecule has 28 heavy (non-hydrogen) atoms. The van der Waals surface area contributed by atoms with Gasteiger partial charge in [-0.2, -0.15) is 5.10 Å². The van der Waals surface area contributed by atoms with E-state index in [9.17, 15) is 0 Å². The highest BCUT2D eigenvalue weighted by molar-refractivity contribution is 7.71. The fraction of sp³-hybridized carbons (Fsp3) is 0.273. The molecule has 1 aromatic heterocycles. The highest BCUT2D eigenvalue weighted by Gasteiger charge is 2.13. The first-order chi connectivity index (χ1) is 13.5. The number of nitrogens with zero attached hydrogens (tertiary/aromatic N) is 4. The summed E-state index contributed by atoms with van der Waals surface area (Å²) < 4.78 is 10.1. The summed E-state index contributed by atoms with van der Waals surface area (Å²) in [4.78, 5) is 2.18. The van der Waals surface area contributed by atoms with Crippen molar-refractivity contribution >= 4 is 12.2 Å². The number of benzene rings is 2. The Bertz CT molecular complexity index is 1000. The second-order valence-corrected chi connectivity index (χ2v) is 7.24. The van der Waals surface area contributed by atoms with Gasteiger partial charge in [0, 0.05) is 19.2 Å². The van der Waals surface area contributed by atoms with E-state index < -0.39 is 0 Å². The van der Waals surface area contributed by atoms with Crippen LogP contribution in [0.5, 0.6) is 5.75 Å². The summed E-state index contributed by atoms with van der Waals surface area (Å²) in [6, 6.07) is 16.3. The minimum Gasteiger partial charge on any atom is -0.490 e. The Labute approximate surface area is 171 Å². The molecule has 0 fully saturated rings. The summed E-state index contributed by atoms with van der Waals surface area (Å²) >= 11 is 5.61. The molecule has 0 aliphatic carbocycles. The van der Waals surface area contributed by atoms with Gasteiger partial charge in [-0.15, -0.1) is 0 Å². The highest BCUT2D eigenvalue weighted by atomic mass is 32.1. The molecule has 0 spiro atoms. The molecule has 0 aliphatic heterocycles. The number of hydrogen-bond acceptors (Lipinski definition) is 4. The maximum absolute atomic E-state index is 5.61. The molecule has 0 saturated carbocycles. The highest BCUT2D eigenvalue weighted by Crippen LogP contribution is 2.21. The normalized spacial score (nSPS) is 11.0. The zero-order valence-electron chi connectivity index (χ0n) is 16.6. The first kappa shape index (κ1) is 20.0. The fourth-order valence-corrected chi connectivity index (χ4v) is 3.26. The van der Waals surface area contributed by atoms with Crippen molar-refractivity contribution in [2.75, 3.05) is 13.7 Å². The summed E-state index contributed by atoms with van der Waals surface area (Å²) in [5.41, 5.74) is 3.49. The average Bonchev–Trinajstić information content (AvgIpc) is 2.96. The predicted octanol–water partition coefficient (Wildman–Crippen LogP) is 4.58. The van der Waals surface area contributed by atoms with Crippen LogP contribution in [0.15, 0.2) is 61.2 Å². The maximum Gasteiger partial charge on any atom is 0.199 e. The Balaban J connectivity index is 1.71. The first-order valence-corrected chi connectivity index (χ1v) is 9.61. The van der Waals surface area contributed by atoms with E-state index in [1.165, 1.54) is 11.1 Å². The van der Waals surface area contributed by atoms with E-state index in [-0.39, 0.29) is 0 Å². The molecule has 3 rings (SSSR count). The van der Waals surface area contributed by atoms with Crippen molar-refractivity contribution in [3.05, 3.63) is 77.1 Å². The van der Waals surface area contributed by atoms with Crippen molar-refractivity contribution < 1.29 is 4.74 Å². The van der Waals surface area contributed by atoms with Crippen LogP contribution in [0.4, 0.5) is 0 Å². The van der Waals surface area contributed by atoms with Crippen molar-refractivity contribution in [2.45, 2.75) is 20.1 Å². The van der Waals surface area contributed by atoms with Gasteiger partial charge in [0.2, 0.25) is 0 Å². The topological polar surface area (TPSA) is 35.2 Å². The van der Waals surface area contributed by atoms with Crippen LogP contribution in [0.25, 0.3) is 11.4 Å². The van der Waals surface area contributed by atoms with Gasteiger partial charge in [0.05, 0.1) is 6.67 Å². The van der Waals surface area contributed by atoms with Gasteiger partial charge in [-0.3, -0.25) is 4.90 Å². The van der Waals surface area contributed by atoms with Gasteiger partial charge in [0.25, 0.3) is 0 Å². The lowest BCUT2D eigenvalue weighted by atomic mass is 10.1. The largest absolute Gasteiger partial charge is 0.490 e. The first-order valence-electron chi connectivity index (χ1n) is 9.20. The van der Waals surface area contributed by atoms with E-state index in [4.69, 9.17) is 22.1 Å². The molecular formula is C22H26N4OS. The van der Waals surface area contributed by atoms with Gasteiger partial charge >= 0.3 is 0 Å². The Morgan fingerprint density at radius 3 is 2.57 bits per heavy atom. The fourth-order valence-electron chi connectivity index (χ4n) is 3.07. The van der Waals surface area contributed by atoms with Crippen molar-refractivity contribution in [2.24, 2.45) is 7.05 Å². The van der Waals surface area contributed by atoms with E-state index in [1.807, 2.05) is 40.6 Å². The molecule has 0 atom stereocenters. The Kier molecular flexibility index (Phi) is 6.44. The van der Waals surface area contributed by atoms with Crippen LogP contribution < -0.4 is 4.74 Å². The lowest BCUT2D eigenvalue weighted by Crippen LogP contribution is -2.22.